The highest BCUT2D eigenvalue weighted by atomic mass is 32.2. The summed E-state index contributed by atoms with van der Waals surface area (Å²) in [5.41, 5.74) is 0. The van der Waals surface area contributed by atoms with E-state index >= 15 is 0 Å². The lowest BCUT2D eigenvalue weighted by Gasteiger charge is -2.16. The van der Waals surface area contributed by atoms with Crippen molar-refractivity contribution in [2.45, 2.75) is 77.4 Å². The second kappa shape index (κ2) is 13.4. The highest BCUT2D eigenvalue weighted by Gasteiger charge is 2.20. The van der Waals surface area contributed by atoms with Gasteiger partial charge in [-0.05, 0) is 30.9 Å². The number of alkyl halides is 2. The second-order valence-electron chi connectivity index (χ2n) is 5.77. The van der Waals surface area contributed by atoms with Gasteiger partial charge in [-0.25, -0.2) is 8.78 Å². The fourth-order valence-electron chi connectivity index (χ4n) is 1.82. The van der Waals surface area contributed by atoms with Crippen molar-refractivity contribution in [2.24, 2.45) is 5.92 Å². The maximum Gasteiger partial charge on any atom is 0.319 e. The Labute approximate surface area is 132 Å². The summed E-state index contributed by atoms with van der Waals surface area (Å²) in [5.74, 6) is 0.945. The molecule has 0 fully saturated rings. The van der Waals surface area contributed by atoms with Gasteiger partial charge in [0.15, 0.2) is 0 Å². The first kappa shape index (κ1) is 20.7. The van der Waals surface area contributed by atoms with Crippen LogP contribution in [0.15, 0.2) is 0 Å². The molecule has 1 atom stereocenters. The van der Waals surface area contributed by atoms with E-state index in [4.69, 9.17) is 4.74 Å². The third-order valence-corrected chi connectivity index (χ3v) is 4.38. The number of esters is 1. The summed E-state index contributed by atoms with van der Waals surface area (Å²) < 4.78 is 29.4. The van der Waals surface area contributed by atoms with Gasteiger partial charge in [0.25, 0.3) is 0 Å². The summed E-state index contributed by atoms with van der Waals surface area (Å²) in [7, 11) is 0. The largest absolute Gasteiger partial charge is 0.465 e. The molecule has 0 saturated carbocycles. The molecule has 5 heteroatoms. The molecule has 2 nitrogen and oxygen atoms in total. The quantitative estimate of drug-likeness (QED) is 0.339. The van der Waals surface area contributed by atoms with Gasteiger partial charge in [0.2, 0.25) is 6.43 Å². The zero-order chi connectivity index (χ0) is 16.1. The lowest BCUT2D eigenvalue weighted by Crippen LogP contribution is -2.22. The highest BCUT2D eigenvalue weighted by Crippen LogP contribution is 2.22. The zero-order valence-electron chi connectivity index (χ0n) is 13.6. The SMILES string of the molecule is CCCCCC(SCCCCC(F)F)C(=O)OCC(C)C. The van der Waals surface area contributed by atoms with E-state index in [9.17, 15) is 13.6 Å². The van der Waals surface area contributed by atoms with Gasteiger partial charge >= 0.3 is 5.97 Å². The molecule has 0 rings (SSSR count). The van der Waals surface area contributed by atoms with Crippen molar-refractivity contribution in [3.05, 3.63) is 0 Å². The van der Waals surface area contributed by atoms with Gasteiger partial charge in [-0.15, -0.1) is 11.8 Å². The van der Waals surface area contributed by atoms with Crippen LogP contribution < -0.4 is 0 Å². The fraction of sp³-hybridized carbons (Fsp3) is 0.938. The lowest BCUT2D eigenvalue weighted by molar-refractivity contribution is -0.144. The van der Waals surface area contributed by atoms with Crippen molar-refractivity contribution >= 4 is 17.7 Å². The first-order chi connectivity index (χ1) is 9.97. The van der Waals surface area contributed by atoms with Gasteiger partial charge < -0.3 is 4.74 Å². The molecule has 0 heterocycles. The molecule has 1 unspecified atom stereocenters. The average molecular weight is 324 g/mol. The van der Waals surface area contributed by atoms with E-state index in [2.05, 4.69) is 6.92 Å². The molecule has 0 radical (unpaired) electrons. The van der Waals surface area contributed by atoms with Crippen LogP contribution >= 0.6 is 11.8 Å². The van der Waals surface area contributed by atoms with E-state index < -0.39 is 6.43 Å². The predicted octanol–water partition coefficient (Wildman–Crippen LogP) is 5.30. The minimum atomic E-state index is -2.22. The Morgan fingerprint density at radius 3 is 2.33 bits per heavy atom. The third kappa shape index (κ3) is 13.1. The molecule has 0 bridgehead atoms. The summed E-state index contributed by atoms with van der Waals surface area (Å²) in [4.78, 5) is 12.1. The number of ether oxygens (including phenoxy) is 1. The molecule has 0 amide bonds. The molecule has 0 N–H and O–H groups in total. The average Bonchev–Trinajstić information content (AvgIpc) is 2.42. The van der Waals surface area contributed by atoms with E-state index in [-0.39, 0.29) is 17.6 Å². The number of thioether (sulfide) groups is 1. The van der Waals surface area contributed by atoms with Crippen LogP contribution in [0.25, 0.3) is 0 Å². The van der Waals surface area contributed by atoms with Crippen LogP contribution in [-0.4, -0.2) is 30.0 Å². The first-order valence-corrected chi connectivity index (χ1v) is 9.08. The van der Waals surface area contributed by atoms with Crippen LogP contribution in [0.1, 0.15) is 65.7 Å². The molecular formula is C16H30F2O2S. The summed E-state index contributed by atoms with van der Waals surface area (Å²) in [6, 6.07) is 0. The van der Waals surface area contributed by atoms with Gasteiger partial charge in [0, 0.05) is 6.42 Å². The fourth-order valence-corrected chi connectivity index (χ4v) is 3.01. The Balaban J connectivity index is 4.03. The molecular weight excluding hydrogens is 294 g/mol. The van der Waals surface area contributed by atoms with Crippen LogP contribution in [0, 0.1) is 5.92 Å². The monoisotopic (exact) mass is 324 g/mol. The Bertz CT molecular complexity index is 261. The molecule has 21 heavy (non-hydrogen) atoms. The molecule has 0 spiro atoms. The van der Waals surface area contributed by atoms with Crippen LogP contribution in [0.3, 0.4) is 0 Å². The maximum atomic E-state index is 12.1. The second-order valence-corrected chi connectivity index (χ2v) is 7.08. The number of halogens is 2. The zero-order valence-corrected chi connectivity index (χ0v) is 14.4. The van der Waals surface area contributed by atoms with Gasteiger partial charge in [-0.1, -0.05) is 40.0 Å². The minimum Gasteiger partial charge on any atom is -0.465 e. The smallest absolute Gasteiger partial charge is 0.319 e. The Morgan fingerprint density at radius 2 is 1.76 bits per heavy atom. The van der Waals surface area contributed by atoms with Crippen LogP contribution in [0.5, 0.6) is 0 Å². The van der Waals surface area contributed by atoms with E-state index in [1.54, 1.807) is 11.8 Å². The minimum absolute atomic E-state index is 0.0428. The number of rotatable bonds is 13. The van der Waals surface area contributed by atoms with E-state index in [1.165, 1.54) is 0 Å². The van der Waals surface area contributed by atoms with Gasteiger partial charge in [-0.3, -0.25) is 4.79 Å². The van der Waals surface area contributed by atoms with Gasteiger partial charge in [-0.2, -0.15) is 0 Å². The van der Waals surface area contributed by atoms with Crippen molar-refractivity contribution in [1.29, 1.82) is 0 Å². The number of hydrogen-bond acceptors (Lipinski definition) is 3. The number of unbranched alkanes of at least 4 members (excludes halogenated alkanes) is 3. The number of hydrogen-bond donors (Lipinski definition) is 0. The van der Waals surface area contributed by atoms with Crippen molar-refractivity contribution < 1.29 is 18.3 Å². The van der Waals surface area contributed by atoms with E-state index in [1.807, 2.05) is 13.8 Å². The van der Waals surface area contributed by atoms with Gasteiger partial charge in [0.1, 0.15) is 5.25 Å². The van der Waals surface area contributed by atoms with Crippen LogP contribution in [0.2, 0.25) is 0 Å². The lowest BCUT2D eigenvalue weighted by atomic mass is 10.1. The van der Waals surface area contributed by atoms with E-state index in [0.717, 1.165) is 37.9 Å². The Kier molecular flexibility index (Phi) is 13.1. The van der Waals surface area contributed by atoms with Crippen LogP contribution in [0.4, 0.5) is 8.78 Å². The summed E-state index contributed by atoms with van der Waals surface area (Å²) in [6.07, 6.45) is 3.06. The summed E-state index contributed by atoms with van der Waals surface area (Å²) in [5, 5.41) is -0.137. The molecule has 0 aromatic rings. The standard InChI is InChI=1S/C16H30F2O2S/c1-4-5-6-9-14(16(19)20-12-13(2)3)21-11-8-7-10-15(17)18/h13-15H,4-12H2,1-3H3. The third-order valence-electron chi connectivity index (χ3n) is 3.03. The highest BCUT2D eigenvalue weighted by molar-refractivity contribution is 8.00. The maximum absolute atomic E-state index is 12.1. The Hall–Kier alpha value is -0.320. The number of carbonyl (C=O) groups excluding carboxylic acids is 1. The molecule has 126 valence electrons. The molecule has 0 aliphatic rings. The number of carbonyl (C=O) groups is 1. The van der Waals surface area contributed by atoms with Gasteiger partial charge in [0.05, 0.1) is 6.61 Å². The molecule has 0 aromatic heterocycles. The Morgan fingerprint density at radius 1 is 1.10 bits per heavy atom. The van der Waals surface area contributed by atoms with Crippen molar-refractivity contribution in [3.8, 4) is 0 Å². The predicted molar refractivity (Wildman–Crippen MR) is 86.0 cm³/mol. The van der Waals surface area contributed by atoms with Crippen LogP contribution in [-0.2, 0) is 9.53 Å². The van der Waals surface area contributed by atoms with Crippen molar-refractivity contribution in [2.75, 3.05) is 12.4 Å². The topological polar surface area (TPSA) is 26.3 Å². The van der Waals surface area contributed by atoms with E-state index in [0.29, 0.717) is 18.9 Å². The summed E-state index contributed by atoms with van der Waals surface area (Å²) in [6.45, 7) is 6.60. The summed E-state index contributed by atoms with van der Waals surface area (Å²) >= 11 is 1.56. The molecule has 0 aliphatic heterocycles. The molecule has 0 aliphatic carbocycles. The molecule has 0 saturated heterocycles. The van der Waals surface area contributed by atoms with Crippen molar-refractivity contribution in [3.63, 3.8) is 0 Å². The first-order valence-electron chi connectivity index (χ1n) is 8.03. The molecule has 0 aromatic carbocycles. The normalized spacial score (nSPS) is 12.9. The van der Waals surface area contributed by atoms with Crippen molar-refractivity contribution in [1.82, 2.24) is 0 Å².